The Kier molecular flexibility index (Phi) is 6.76. The second-order valence-electron chi connectivity index (χ2n) is 5.42. The zero-order valence-corrected chi connectivity index (χ0v) is 16.4. The van der Waals surface area contributed by atoms with Gasteiger partial charge in [-0.2, -0.15) is 0 Å². The molecule has 124 valence electrons. The quantitative estimate of drug-likeness (QED) is 0.431. The van der Waals surface area contributed by atoms with Gasteiger partial charge >= 0.3 is 0 Å². The first-order valence-corrected chi connectivity index (χ1v) is 8.57. The van der Waals surface area contributed by atoms with E-state index in [1.165, 1.54) is 24.0 Å². The molecule has 0 saturated heterocycles. The van der Waals surface area contributed by atoms with Crippen LogP contribution in [-0.2, 0) is 25.8 Å². The van der Waals surface area contributed by atoms with Crippen LogP contribution in [0, 0.1) is 0 Å². The van der Waals surface area contributed by atoms with Crippen LogP contribution in [0.2, 0.25) is 0 Å². The summed E-state index contributed by atoms with van der Waals surface area (Å²) in [5.74, 6) is 0.437. The molecule has 0 atom stereocenters. The van der Waals surface area contributed by atoms with Gasteiger partial charge in [-0.15, -0.1) is 34.2 Å². The summed E-state index contributed by atoms with van der Waals surface area (Å²) < 4.78 is 0. The van der Waals surface area contributed by atoms with Crippen LogP contribution in [0.5, 0.6) is 0 Å². The largest absolute Gasteiger partial charge is 0.370 e. The summed E-state index contributed by atoms with van der Waals surface area (Å²) >= 11 is 1.59. The molecule has 3 N–H and O–H groups in total. The van der Waals surface area contributed by atoms with Crippen LogP contribution < -0.4 is 11.1 Å². The lowest BCUT2D eigenvalue weighted by Crippen LogP contribution is -2.24. The SMILES string of the molecule is CCc1nnc(CN=C(N)Nc2cccc3c2CCCC3)s1.I. The summed E-state index contributed by atoms with van der Waals surface area (Å²) in [6.45, 7) is 2.55. The third-order valence-corrected chi connectivity index (χ3v) is 4.91. The van der Waals surface area contributed by atoms with Gasteiger partial charge in [0.15, 0.2) is 5.96 Å². The molecule has 0 unspecified atom stereocenters. The van der Waals surface area contributed by atoms with Crippen molar-refractivity contribution in [1.29, 1.82) is 0 Å². The fraction of sp³-hybridized carbons (Fsp3) is 0.438. The van der Waals surface area contributed by atoms with Crippen molar-refractivity contribution in [2.24, 2.45) is 10.7 Å². The Hall–Kier alpha value is -1.22. The molecule has 1 heterocycles. The summed E-state index contributed by atoms with van der Waals surface area (Å²) in [5, 5.41) is 13.4. The van der Waals surface area contributed by atoms with Gasteiger partial charge in [-0.1, -0.05) is 30.4 Å². The predicted octanol–water partition coefficient (Wildman–Crippen LogP) is 3.52. The monoisotopic (exact) mass is 443 g/mol. The Morgan fingerprint density at radius 3 is 2.83 bits per heavy atom. The summed E-state index contributed by atoms with van der Waals surface area (Å²) in [6.07, 6.45) is 5.70. The van der Waals surface area contributed by atoms with Gasteiger partial charge in [0.25, 0.3) is 0 Å². The number of nitrogens with one attached hydrogen (secondary N) is 1. The zero-order valence-electron chi connectivity index (χ0n) is 13.2. The van der Waals surface area contributed by atoms with Crippen LogP contribution in [0.3, 0.4) is 0 Å². The Morgan fingerprint density at radius 2 is 2.04 bits per heavy atom. The normalized spacial score (nSPS) is 14.0. The summed E-state index contributed by atoms with van der Waals surface area (Å²) in [5.41, 5.74) is 9.93. The van der Waals surface area contributed by atoms with E-state index in [0.29, 0.717) is 12.5 Å². The van der Waals surface area contributed by atoms with Crippen molar-refractivity contribution in [3.05, 3.63) is 39.3 Å². The topological polar surface area (TPSA) is 76.2 Å². The standard InChI is InChI=1S/C16H21N5S.HI/c1-2-14-20-21-15(22-14)10-18-16(17)19-13-9-5-7-11-6-3-4-8-12(11)13;/h5,7,9H,2-4,6,8,10H2,1H3,(H3,17,18,19);1H. The molecule has 2 aromatic rings. The van der Waals surface area contributed by atoms with Crippen molar-refractivity contribution in [3.8, 4) is 0 Å². The molecule has 1 aliphatic carbocycles. The second kappa shape index (κ2) is 8.58. The van der Waals surface area contributed by atoms with Crippen LogP contribution >= 0.6 is 35.3 Å². The van der Waals surface area contributed by atoms with Crippen LogP contribution in [-0.4, -0.2) is 16.2 Å². The number of benzene rings is 1. The van der Waals surface area contributed by atoms with Crippen molar-refractivity contribution in [1.82, 2.24) is 10.2 Å². The molecular formula is C16H22IN5S. The number of nitrogens with zero attached hydrogens (tertiary/aromatic N) is 3. The van der Waals surface area contributed by atoms with Crippen molar-refractivity contribution in [3.63, 3.8) is 0 Å². The van der Waals surface area contributed by atoms with Gasteiger partial charge in [-0.25, -0.2) is 4.99 Å². The molecule has 0 amide bonds. The molecule has 0 bridgehead atoms. The van der Waals surface area contributed by atoms with E-state index in [2.05, 4.69) is 45.6 Å². The smallest absolute Gasteiger partial charge is 0.193 e. The van der Waals surface area contributed by atoms with Crippen LogP contribution in [0.25, 0.3) is 0 Å². The molecule has 23 heavy (non-hydrogen) atoms. The minimum Gasteiger partial charge on any atom is -0.370 e. The molecule has 0 aliphatic heterocycles. The van der Waals surface area contributed by atoms with Crippen molar-refractivity contribution < 1.29 is 0 Å². The van der Waals surface area contributed by atoms with Crippen molar-refractivity contribution in [2.45, 2.75) is 45.6 Å². The van der Waals surface area contributed by atoms with E-state index in [9.17, 15) is 0 Å². The third-order valence-electron chi connectivity index (χ3n) is 3.85. The number of hydrogen-bond acceptors (Lipinski definition) is 4. The minimum atomic E-state index is 0. The maximum atomic E-state index is 6.02. The van der Waals surface area contributed by atoms with E-state index in [-0.39, 0.29) is 24.0 Å². The molecule has 0 saturated carbocycles. The van der Waals surface area contributed by atoms with Crippen molar-refractivity contribution in [2.75, 3.05) is 5.32 Å². The number of guanidine groups is 1. The lowest BCUT2D eigenvalue weighted by molar-refractivity contribution is 0.687. The number of hydrogen-bond donors (Lipinski definition) is 2. The van der Waals surface area contributed by atoms with Gasteiger partial charge in [0.05, 0.1) is 6.54 Å². The van der Waals surface area contributed by atoms with E-state index in [0.717, 1.165) is 35.0 Å². The summed E-state index contributed by atoms with van der Waals surface area (Å²) in [6, 6.07) is 6.37. The Balaban J connectivity index is 0.00000192. The maximum Gasteiger partial charge on any atom is 0.193 e. The van der Waals surface area contributed by atoms with Crippen LogP contribution in [0.1, 0.15) is 40.9 Å². The zero-order chi connectivity index (χ0) is 15.4. The van der Waals surface area contributed by atoms with Gasteiger partial charge in [0.1, 0.15) is 10.0 Å². The summed E-state index contributed by atoms with van der Waals surface area (Å²) in [4.78, 5) is 4.38. The number of halogens is 1. The van der Waals surface area contributed by atoms with Gasteiger partial charge < -0.3 is 11.1 Å². The highest BCUT2D eigenvalue weighted by Gasteiger charge is 2.13. The van der Waals surface area contributed by atoms with E-state index in [1.807, 2.05) is 0 Å². The third kappa shape index (κ3) is 4.63. The second-order valence-corrected chi connectivity index (χ2v) is 6.57. The average molecular weight is 443 g/mol. The lowest BCUT2D eigenvalue weighted by atomic mass is 9.90. The number of nitrogens with two attached hydrogens (primary N) is 1. The number of anilines is 1. The molecule has 1 aliphatic rings. The molecule has 0 spiro atoms. The number of aromatic nitrogens is 2. The molecule has 1 aromatic carbocycles. The van der Waals surface area contributed by atoms with Gasteiger partial charge in [-0.3, -0.25) is 0 Å². The van der Waals surface area contributed by atoms with E-state index >= 15 is 0 Å². The van der Waals surface area contributed by atoms with Gasteiger partial charge in [0.2, 0.25) is 0 Å². The first-order valence-electron chi connectivity index (χ1n) is 7.75. The minimum absolute atomic E-state index is 0. The molecule has 7 heteroatoms. The Bertz CT molecular complexity index is 683. The Morgan fingerprint density at radius 1 is 1.26 bits per heavy atom. The predicted molar refractivity (Wildman–Crippen MR) is 107 cm³/mol. The maximum absolute atomic E-state index is 6.02. The van der Waals surface area contributed by atoms with Crippen molar-refractivity contribution >= 4 is 47.0 Å². The van der Waals surface area contributed by atoms with Crippen LogP contribution in [0.15, 0.2) is 23.2 Å². The fourth-order valence-corrected chi connectivity index (χ4v) is 3.43. The molecular weight excluding hydrogens is 421 g/mol. The molecule has 1 aromatic heterocycles. The molecule has 0 fully saturated rings. The lowest BCUT2D eigenvalue weighted by Gasteiger charge is -2.19. The molecule has 0 radical (unpaired) electrons. The first-order chi connectivity index (χ1) is 10.8. The Labute approximate surface area is 157 Å². The fourth-order valence-electron chi connectivity index (χ4n) is 2.72. The molecule has 3 rings (SSSR count). The van der Waals surface area contributed by atoms with E-state index < -0.39 is 0 Å². The van der Waals surface area contributed by atoms with E-state index in [4.69, 9.17) is 5.73 Å². The van der Waals surface area contributed by atoms with Crippen LogP contribution in [0.4, 0.5) is 5.69 Å². The highest BCUT2D eigenvalue weighted by molar-refractivity contribution is 14.0. The summed E-state index contributed by atoms with van der Waals surface area (Å²) in [7, 11) is 0. The average Bonchev–Trinajstić information content (AvgIpc) is 3.01. The number of aryl methyl sites for hydroxylation is 2. The highest BCUT2D eigenvalue weighted by Crippen LogP contribution is 2.27. The van der Waals surface area contributed by atoms with E-state index in [1.54, 1.807) is 11.3 Å². The molecule has 5 nitrogen and oxygen atoms in total. The number of rotatable bonds is 4. The first kappa shape index (κ1) is 18.1. The number of fused-ring (bicyclic) bond motifs is 1. The number of aliphatic imine (C=N–C) groups is 1. The van der Waals surface area contributed by atoms with Gasteiger partial charge in [-0.05, 0) is 49.3 Å². The highest BCUT2D eigenvalue weighted by atomic mass is 127. The van der Waals surface area contributed by atoms with Gasteiger partial charge in [0, 0.05) is 5.69 Å².